The van der Waals surface area contributed by atoms with Crippen LogP contribution in [-0.2, 0) is 12.3 Å². The Balaban J connectivity index is 2.00. The predicted octanol–water partition coefficient (Wildman–Crippen LogP) is 2.15. The standard InChI is InChI=1S/C12H16ClN5S/c1-9-3-4-10(11(13)7-9)8-19-12-15-16-17-18(12)6-5-14-2/h3-4,7,14H,5-6,8H2,1-2H3. The van der Waals surface area contributed by atoms with Gasteiger partial charge in [-0.2, -0.15) is 0 Å². The van der Waals surface area contributed by atoms with Crippen molar-refractivity contribution < 1.29 is 0 Å². The molecule has 0 bridgehead atoms. The first-order valence-corrected chi connectivity index (χ1v) is 7.35. The minimum absolute atomic E-state index is 0.757. The predicted molar refractivity (Wildman–Crippen MR) is 77.5 cm³/mol. The number of aryl methyl sites for hydroxylation is 1. The summed E-state index contributed by atoms with van der Waals surface area (Å²) in [5.41, 5.74) is 2.26. The van der Waals surface area contributed by atoms with Crippen LogP contribution in [0.4, 0.5) is 0 Å². The van der Waals surface area contributed by atoms with E-state index in [0.717, 1.165) is 40.1 Å². The Kier molecular flexibility index (Phi) is 5.18. The molecule has 0 atom stereocenters. The lowest BCUT2D eigenvalue weighted by molar-refractivity contribution is 0.530. The first kappa shape index (κ1) is 14.3. The first-order chi connectivity index (χ1) is 9.20. The van der Waals surface area contributed by atoms with Crippen LogP contribution in [0, 0.1) is 6.92 Å². The molecule has 0 aliphatic carbocycles. The van der Waals surface area contributed by atoms with Gasteiger partial charge < -0.3 is 5.32 Å². The number of nitrogens with one attached hydrogen (secondary N) is 1. The van der Waals surface area contributed by atoms with Gasteiger partial charge in [0.2, 0.25) is 5.16 Å². The Morgan fingerprint density at radius 3 is 3.00 bits per heavy atom. The van der Waals surface area contributed by atoms with Gasteiger partial charge in [0.05, 0.1) is 6.54 Å². The molecule has 1 aromatic carbocycles. The van der Waals surface area contributed by atoms with Crippen molar-refractivity contribution in [1.29, 1.82) is 0 Å². The summed E-state index contributed by atoms with van der Waals surface area (Å²) >= 11 is 7.80. The third kappa shape index (κ3) is 3.92. The first-order valence-electron chi connectivity index (χ1n) is 5.99. The summed E-state index contributed by atoms with van der Waals surface area (Å²) < 4.78 is 1.79. The van der Waals surface area contributed by atoms with Crippen molar-refractivity contribution in [3.05, 3.63) is 34.3 Å². The van der Waals surface area contributed by atoms with Gasteiger partial charge >= 0.3 is 0 Å². The molecule has 0 radical (unpaired) electrons. The van der Waals surface area contributed by atoms with Gasteiger partial charge in [0, 0.05) is 17.3 Å². The maximum Gasteiger partial charge on any atom is 0.209 e. The lowest BCUT2D eigenvalue weighted by Gasteiger charge is -2.06. The molecule has 0 aliphatic rings. The molecule has 102 valence electrons. The molecule has 2 aromatic rings. The van der Waals surface area contributed by atoms with Crippen LogP contribution < -0.4 is 5.32 Å². The zero-order chi connectivity index (χ0) is 13.7. The van der Waals surface area contributed by atoms with Gasteiger partial charge in [-0.3, -0.25) is 0 Å². The smallest absolute Gasteiger partial charge is 0.209 e. The highest BCUT2D eigenvalue weighted by Gasteiger charge is 2.08. The third-order valence-corrected chi connectivity index (χ3v) is 4.00. The molecule has 1 heterocycles. The molecule has 0 saturated carbocycles. The quantitative estimate of drug-likeness (QED) is 0.828. The fraction of sp³-hybridized carbons (Fsp3) is 0.417. The average Bonchev–Trinajstić information content (AvgIpc) is 2.83. The second-order valence-corrected chi connectivity index (χ2v) is 5.52. The van der Waals surface area contributed by atoms with Gasteiger partial charge in [-0.05, 0) is 41.6 Å². The zero-order valence-corrected chi connectivity index (χ0v) is 12.5. The fourth-order valence-electron chi connectivity index (χ4n) is 1.57. The van der Waals surface area contributed by atoms with E-state index in [1.807, 2.05) is 26.1 Å². The summed E-state index contributed by atoms with van der Waals surface area (Å²) in [6.07, 6.45) is 0. The molecule has 0 aliphatic heterocycles. The van der Waals surface area contributed by atoms with Crippen molar-refractivity contribution >= 4 is 23.4 Å². The maximum atomic E-state index is 6.21. The fourth-order valence-corrected chi connectivity index (χ4v) is 2.86. The number of hydrogen-bond acceptors (Lipinski definition) is 5. The number of benzene rings is 1. The summed E-state index contributed by atoms with van der Waals surface area (Å²) in [4.78, 5) is 0. The van der Waals surface area contributed by atoms with Crippen molar-refractivity contribution in [2.24, 2.45) is 0 Å². The SMILES string of the molecule is CNCCn1nnnc1SCc1ccc(C)cc1Cl. The molecule has 7 heteroatoms. The van der Waals surface area contributed by atoms with Gasteiger partial charge in [-0.15, -0.1) is 5.10 Å². The van der Waals surface area contributed by atoms with E-state index in [2.05, 4.69) is 26.9 Å². The van der Waals surface area contributed by atoms with Crippen LogP contribution in [0.5, 0.6) is 0 Å². The number of likely N-dealkylation sites (N-methyl/N-ethyl adjacent to an activating group) is 1. The van der Waals surface area contributed by atoms with Crippen LogP contribution >= 0.6 is 23.4 Å². The van der Waals surface area contributed by atoms with Gasteiger partial charge in [-0.25, -0.2) is 4.68 Å². The van der Waals surface area contributed by atoms with E-state index in [-0.39, 0.29) is 0 Å². The molecule has 1 N–H and O–H groups in total. The number of hydrogen-bond donors (Lipinski definition) is 1. The zero-order valence-electron chi connectivity index (χ0n) is 10.9. The molecule has 0 amide bonds. The number of halogens is 1. The number of tetrazole rings is 1. The van der Waals surface area contributed by atoms with Crippen molar-refractivity contribution in [2.75, 3.05) is 13.6 Å². The second-order valence-electron chi connectivity index (χ2n) is 4.17. The molecule has 0 fully saturated rings. The molecular weight excluding hydrogens is 282 g/mol. The summed E-state index contributed by atoms with van der Waals surface area (Å²) in [5, 5.41) is 16.4. The summed E-state index contributed by atoms with van der Waals surface area (Å²) in [7, 11) is 1.91. The molecule has 1 aromatic heterocycles. The van der Waals surface area contributed by atoms with Gasteiger partial charge in [0.15, 0.2) is 0 Å². The summed E-state index contributed by atoms with van der Waals surface area (Å²) in [6.45, 7) is 3.62. The van der Waals surface area contributed by atoms with Gasteiger partial charge in [0.25, 0.3) is 0 Å². The van der Waals surface area contributed by atoms with E-state index < -0.39 is 0 Å². The Bertz CT molecular complexity index is 543. The van der Waals surface area contributed by atoms with E-state index in [1.54, 1.807) is 16.4 Å². The largest absolute Gasteiger partial charge is 0.318 e. The Morgan fingerprint density at radius 1 is 1.42 bits per heavy atom. The molecule has 0 spiro atoms. The van der Waals surface area contributed by atoms with E-state index in [1.165, 1.54) is 0 Å². The highest BCUT2D eigenvalue weighted by atomic mass is 35.5. The molecule has 5 nitrogen and oxygen atoms in total. The molecule has 0 unspecified atom stereocenters. The van der Waals surface area contributed by atoms with Crippen LogP contribution in [0.3, 0.4) is 0 Å². The summed E-state index contributed by atoms with van der Waals surface area (Å²) in [6, 6.07) is 6.08. The lowest BCUT2D eigenvalue weighted by atomic mass is 10.2. The molecule has 19 heavy (non-hydrogen) atoms. The molecule has 2 rings (SSSR count). The van der Waals surface area contributed by atoms with Crippen LogP contribution in [0.1, 0.15) is 11.1 Å². The molecule has 0 saturated heterocycles. The van der Waals surface area contributed by atoms with Gasteiger partial charge in [0.1, 0.15) is 0 Å². The lowest BCUT2D eigenvalue weighted by Crippen LogP contribution is -2.16. The van der Waals surface area contributed by atoms with Crippen molar-refractivity contribution in [3.8, 4) is 0 Å². The maximum absolute atomic E-state index is 6.21. The van der Waals surface area contributed by atoms with Crippen molar-refractivity contribution in [1.82, 2.24) is 25.5 Å². The van der Waals surface area contributed by atoms with Crippen LogP contribution in [0.15, 0.2) is 23.4 Å². The Morgan fingerprint density at radius 2 is 2.26 bits per heavy atom. The normalized spacial score (nSPS) is 10.9. The number of thioether (sulfide) groups is 1. The monoisotopic (exact) mass is 297 g/mol. The number of nitrogens with zero attached hydrogens (tertiary/aromatic N) is 4. The van der Waals surface area contributed by atoms with E-state index >= 15 is 0 Å². The topological polar surface area (TPSA) is 55.6 Å². The number of aromatic nitrogens is 4. The van der Waals surface area contributed by atoms with Crippen LogP contribution in [0.25, 0.3) is 0 Å². The van der Waals surface area contributed by atoms with Gasteiger partial charge in [-0.1, -0.05) is 35.5 Å². The van der Waals surface area contributed by atoms with E-state index in [4.69, 9.17) is 11.6 Å². The third-order valence-electron chi connectivity index (χ3n) is 2.64. The highest BCUT2D eigenvalue weighted by Crippen LogP contribution is 2.25. The van der Waals surface area contributed by atoms with E-state index in [0.29, 0.717) is 0 Å². The van der Waals surface area contributed by atoms with Crippen LogP contribution in [0.2, 0.25) is 5.02 Å². The molecular formula is C12H16ClN5S. The second kappa shape index (κ2) is 6.88. The average molecular weight is 298 g/mol. The highest BCUT2D eigenvalue weighted by molar-refractivity contribution is 7.98. The number of rotatable bonds is 6. The van der Waals surface area contributed by atoms with Crippen LogP contribution in [-0.4, -0.2) is 33.8 Å². The van der Waals surface area contributed by atoms with Crippen molar-refractivity contribution in [3.63, 3.8) is 0 Å². The van der Waals surface area contributed by atoms with E-state index in [9.17, 15) is 0 Å². The minimum Gasteiger partial charge on any atom is -0.318 e. The minimum atomic E-state index is 0.757. The van der Waals surface area contributed by atoms with Crippen molar-refractivity contribution in [2.45, 2.75) is 24.4 Å². The Labute approximate surface area is 121 Å². The summed E-state index contributed by atoms with van der Waals surface area (Å²) in [5.74, 6) is 0.763. The Hall–Kier alpha value is -1.11.